The standard InChI is InChI=1S/C16H12Cl2N2O3S/c1-22-11-4-3-5-12-13(11)19-16(24-12)20-15(21)8-6-9(17)14(23-2)10(18)7-8/h3-7H,1-2H3,(H,19,20,21). The number of carbonyl (C=O) groups is 1. The van der Waals surface area contributed by atoms with Crippen LogP contribution in [0, 0.1) is 0 Å². The van der Waals surface area contributed by atoms with Crippen LogP contribution in [0.1, 0.15) is 10.4 Å². The molecule has 3 rings (SSSR count). The van der Waals surface area contributed by atoms with Crippen molar-refractivity contribution in [1.29, 1.82) is 0 Å². The number of fused-ring (bicyclic) bond motifs is 1. The third-order valence-corrected chi connectivity index (χ3v) is 4.78. The zero-order valence-electron chi connectivity index (χ0n) is 12.7. The summed E-state index contributed by atoms with van der Waals surface area (Å²) in [7, 11) is 3.04. The van der Waals surface area contributed by atoms with E-state index in [0.29, 0.717) is 27.7 Å². The van der Waals surface area contributed by atoms with Crippen molar-refractivity contribution in [3.05, 3.63) is 45.9 Å². The van der Waals surface area contributed by atoms with Crippen LogP contribution < -0.4 is 14.8 Å². The van der Waals surface area contributed by atoms with Crippen LogP contribution in [0.3, 0.4) is 0 Å². The van der Waals surface area contributed by atoms with E-state index < -0.39 is 0 Å². The monoisotopic (exact) mass is 382 g/mol. The lowest BCUT2D eigenvalue weighted by molar-refractivity contribution is 0.102. The number of halogens is 2. The minimum Gasteiger partial charge on any atom is -0.494 e. The molecular weight excluding hydrogens is 371 g/mol. The molecule has 0 aliphatic heterocycles. The van der Waals surface area contributed by atoms with Crippen molar-refractivity contribution >= 4 is 55.8 Å². The number of nitrogens with zero attached hydrogens (tertiary/aromatic N) is 1. The van der Waals surface area contributed by atoms with Gasteiger partial charge < -0.3 is 9.47 Å². The Bertz CT molecular complexity index is 904. The van der Waals surface area contributed by atoms with Gasteiger partial charge in [0.2, 0.25) is 0 Å². The Morgan fingerprint density at radius 1 is 1.17 bits per heavy atom. The van der Waals surface area contributed by atoms with Gasteiger partial charge in [0.05, 0.1) is 29.0 Å². The summed E-state index contributed by atoms with van der Waals surface area (Å²) in [5.74, 6) is 0.624. The van der Waals surface area contributed by atoms with Gasteiger partial charge in [-0.25, -0.2) is 4.98 Å². The molecule has 0 atom stereocenters. The Hall–Kier alpha value is -2.02. The number of carbonyl (C=O) groups excluding carboxylic acids is 1. The van der Waals surface area contributed by atoms with E-state index in [2.05, 4.69) is 10.3 Å². The fraction of sp³-hybridized carbons (Fsp3) is 0.125. The third-order valence-electron chi connectivity index (χ3n) is 3.29. The predicted molar refractivity (Wildman–Crippen MR) is 97.1 cm³/mol. The molecule has 0 radical (unpaired) electrons. The number of hydrogen-bond acceptors (Lipinski definition) is 5. The van der Waals surface area contributed by atoms with E-state index in [-0.39, 0.29) is 16.0 Å². The summed E-state index contributed by atoms with van der Waals surface area (Å²) in [4.78, 5) is 16.8. The predicted octanol–water partition coefficient (Wildman–Crippen LogP) is 4.87. The van der Waals surface area contributed by atoms with Crippen LogP contribution in [0.2, 0.25) is 10.0 Å². The zero-order chi connectivity index (χ0) is 17.3. The lowest BCUT2D eigenvalue weighted by Gasteiger charge is -2.08. The molecule has 1 aromatic heterocycles. The van der Waals surface area contributed by atoms with Crippen LogP contribution in [0.15, 0.2) is 30.3 Å². The Balaban J connectivity index is 1.90. The van der Waals surface area contributed by atoms with Gasteiger partial charge in [-0.05, 0) is 24.3 Å². The number of anilines is 1. The summed E-state index contributed by atoms with van der Waals surface area (Å²) in [6, 6.07) is 8.59. The number of amides is 1. The first-order valence-electron chi connectivity index (χ1n) is 6.81. The van der Waals surface area contributed by atoms with Crippen molar-refractivity contribution in [3.63, 3.8) is 0 Å². The van der Waals surface area contributed by atoms with Gasteiger partial charge in [0.1, 0.15) is 11.3 Å². The zero-order valence-corrected chi connectivity index (χ0v) is 15.1. The maximum absolute atomic E-state index is 12.4. The average Bonchev–Trinajstić information content (AvgIpc) is 2.96. The van der Waals surface area contributed by atoms with E-state index in [1.165, 1.54) is 30.6 Å². The van der Waals surface area contributed by atoms with E-state index in [1.54, 1.807) is 7.11 Å². The number of hydrogen-bond donors (Lipinski definition) is 1. The van der Waals surface area contributed by atoms with Gasteiger partial charge >= 0.3 is 0 Å². The molecule has 0 fully saturated rings. The SMILES string of the molecule is COc1c(Cl)cc(C(=O)Nc2nc3c(OC)cccc3s2)cc1Cl. The molecule has 2 aromatic carbocycles. The first kappa shape index (κ1) is 16.8. The number of aromatic nitrogens is 1. The molecule has 1 heterocycles. The smallest absolute Gasteiger partial charge is 0.257 e. The highest BCUT2D eigenvalue weighted by Crippen LogP contribution is 2.35. The van der Waals surface area contributed by atoms with Crippen molar-refractivity contribution < 1.29 is 14.3 Å². The van der Waals surface area contributed by atoms with E-state index in [9.17, 15) is 4.79 Å². The molecule has 3 aromatic rings. The fourth-order valence-electron chi connectivity index (χ4n) is 2.20. The van der Waals surface area contributed by atoms with Gasteiger partial charge in [0, 0.05) is 5.56 Å². The normalized spacial score (nSPS) is 10.7. The van der Waals surface area contributed by atoms with Crippen molar-refractivity contribution in [3.8, 4) is 11.5 Å². The van der Waals surface area contributed by atoms with Crippen molar-refractivity contribution in [2.75, 3.05) is 19.5 Å². The van der Waals surface area contributed by atoms with Gasteiger partial charge in [-0.2, -0.15) is 0 Å². The van der Waals surface area contributed by atoms with Gasteiger partial charge in [-0.3, -0.25) is 10.1 Å². The first-order chi connectivity index (χ1) is 11.5. The molecule has 0 spiro atoms. The second kappa shape index (κ2) is 6.84. The maximum atomic E-state index is 12.4. The molecule has 0 bridgehead atoms. The Morgan fingerprint density at radius 3 is 2.50 bits per heavy atom. The highest BCUT2D eigenvalue weighted by atomic mass is 35.5. The van der Waals surface area contributed by atoms with E-state index in [1.807, 2.05) is 18.2 Å². The minimum absolute atomic E-state index is 0.265. The summed E-state index contributed by atoms with van der Waals surface area (Å²) in [6.45, 7) is 0. The van der Waals surface area contributed by atoms with Crippen molar-refractivity contribution in [2.45, 2.75) is 0 Å². The molecule has 0 unspecified atom stereocenters. The van der Waals surface area contributed by atoms with Crippen LogP contribution in [-0.4, -0.2) is 25.1 Å². The van der Waals surface area contributed by atoms with E-state index in [0.717, 1.165) is 4.70 Å². The van der Waals surface area contributed by atoms with Gasteiger partial charge in [0.25, 0.3) is 5.91 Å². The number of methoxy groups -OCH3 is 2. The number of nitrogens with one attached hydrogen (secondary N) is 1. The Morgan fingerprint density at radius 2 is 1.88 bits per heavy atom. The third kappa shape index (κ3) is 3.13. The van der Waals surface area contributed by atoms with Crippen molar-refractivity contribution in [1.82, 2.24) is 4.98 Å². The topological polar surface area (TPSA) is 60.5 Å². The molecule has 24 heavy (non-hydrogen) atoms. The number of ether oxygens (including phenoxy) is 2. The second-order valence-corrected chi connectivity index (χ2v) is 6.60. The highest BCUT2D eigenvalue weighted by molar-refractivity contribution is 7.22. The van der Waals surface area contributed by atoms with E-state index >= 15 is 0 Å². The number of para-hydroxylation sites is 1. The first-order valence-corrected chi connectivity index (χ1v) is 8.38. The minimum atomic E-state index is -0.362. The summed E-state index contributed by atoms with van der Waals surface area (Å²) in [5, 5.41) is 3.74. The van der Waals surface area contributed by atoms with Crippen LogP contribution in [0.4, 0.5) is 5.13 Å². The van der Waals surface area contributed by atoms with Crippen LogP contribution in [0.5, 0.6) is 11.5 Å². The van der Waals surface area contributed by atoms with Crippen molar-refractivity contribution in [2.24, 2.45) is 0 Å². The molecule has 1 amide bonds. The van der Waals surface area contributed by atoms with Gasteiger partial charge in [-0.1, -0.05) is 40.6 Å². The average molecular weight is 383 g/mol. The number of rotatable bonds is 4. The van der Waals surface area contributed by atoms with E-state index in [4.69, 9.17) is 32.7 Å². The van der Waals surface area contributed by atoms with Gasteiger partial charge in [-0.15, -0.1) is 0 Å². The summed E-state index contributed by atoms with van der Waals surface area (Å²) >= 11 is 13.5. The molecule has 124 valence electrons. The van der Waals surface area contributed by atoms with Crippen LogP contribution in [0.25, 0.3) is 10.2 Å². The molecule has 0 saturated carbocycles. The molecule has 1 N–H and O–H groups in total. The molecule has 0 saturated heterocycles. The maximum Gasteiger partial charge on any atom is 0.257 e. The molecule has 8 heteroatoms. The number of thiazole rings is 1. The molecule has 5 nitrogen and oxygen atoms in total. The van der Waals surface area contributed by atoms with Gasteiger partial charge in [0.15, 0.2) is 10.9 Å². The molecular formula is C16H12Cl2N2O3S. The lowest BCUT2D eigenvalue weighted by Crippen LogP contribution is -2.11. The summed E-state index contributed by atoms with van der Waals surface area (Å²) in [6.07, 6.45) is 0. The second-order valence-electron chi connectivity index (χ2n) is 4.75. The summed E-state index contributed by atoms with van der Waals surface area (Å²) in [5.41, 5.74) is 1.02. The molecule has 0 aliphatic carbocycles. The van der Waals surface area contributed by atoms with Crippen LogP contribution in [-0.2, 0) is 0 Å². The molecule has 0 aliphatic rings. The largest absolute Gasteiger partial charge is 0.494 e. The Labute approximate surface area is 152 Å². The summed E-state index contributed by atoms with van der Waals surface area (Å²) < 4.78 is 11.3. The fourth-order valence-corrected chi connectivity index (χ4v) is 3.72. The lowest BCUT2D eigenvalue weighted by atomic mass is 10.2. The highest BCUT2D eigenvalue weighted by Gasteiger charge is 2.16. The quantitative estimate of drug-likeness (QED) is 0.698. The Kier molecular flexibility index (Phi) is 4.80. The number of benzene rings is 2. The van der Waals surface area contributed by atoms with Crippen LogP contribution >= 0.6 is 34.5 Å².